The van der Waals surface area contributed by atoms with E-state index in [9.17, 15) is 0 Å². The summed E-state index contributed by atoms with van der Waals surface area (Å²) in [7, 11) is 0. The zero-order valence-electron chi connectivity index (χ0n) is 11.0. The van der Waals surface area contributed by atoms with Crippen molar-refractivity contribution in [2.24, 2.45) is 0 Å². The maximum Gasteiger partial charge on any atom is 0.115 e. The van der Waals surface area contributed by atoms with Crippen molar-refractivity contribution in [3.05, 3.63) is 39.8 Å². The van der Waals surface area contributed by atoms with E-state index in [0.717, 1.165) is 28.4 Å². The van der Waals surface area contributed by atoms with Crippen LogP contribution in [-0.2, 0) is 6.42 Å². The number of nitrogens with two attached hydrogens (primary N) is 1. The molecule has 3 nitrogen and oxygen atoms in total. The lowest BCUT2D eigenvalue weighted by atomic mass is 10.1. The molecule has 0 fully saturated rings. The molecule has 0 aliphatic carbocycles. The molecule has 0 aliphatic heterocycles. The smallest absolute Gasteiger partial charge is 0.115 e. The predicted molar refractivity (Wildman–Crippen MR) is 79.1 cm³/mol. The number of anilines is 2. The molecule has 1 aromatic heterocycles. The fourth-order valence-electron chi connectivity index (χ4n) is 1.79. The van der Waals surface area contributed by atoms with Crippen LogP contribution in [-0.4, -0.2) is 4.98 Å². The predicted octanol–water partition coefficient (Wildman–Crippen LogP) is 3.77. The van der Waals surface area contributed by atoms with Crippen molar-refractivity contribution < 1.29 is 0 Å². The molecule has 0 saturated heterocycles. The number of nitrogens with zero attached hydrogens (tertiary/aromatic N) is 1. The van der Waals surface area contributed by atoms with Crippen LogP contribution in [0.1, 0.15) is 35.3 Å². The van der Waals surface area contributed by atoms with Crippen LogP contribution in [0, 0.1) is 6.92 Å². The summed E-state index contributed by atoms with van der Waals surface area (Å²) in [6.45, 7) is 6.28. The monoisotopic (exact) mass is 261 g/mol. The van der Waals surface area contributed by atoms with Crippen molar-refractivity contribution >= 4 is 22.7 Å². The van der Waals surface area contributed by atoms with Gasteiger partial charge in [-0.05, 0) is 31.9 Å². The number of para-hydroxylation sites is 1. The Balaban J connectivity index is 2.15. The van der Waals surface area contributed by atoms with E-state index in [-0.39, 0.29) is 6.04 Å². The third-order valence-electron chi connectivity index (χ3n) is 2.99. The van der Waals surface area contributed by atoms with Gasteiger partial charge in [0.2, 0.25) is 0 Å². The van der Waals surface area contributed by atoms with Crippen LogP contribution in [0.5, 0.6) is 0 Å². The highest BCUT2D eigenvalue weighted by Gasteiger charge is 2.11. The van der Waals surface area contributed by atoms with Gasteiger partial charge in [-0.15, -0.1) is 11.3 Å². The molecule has 3 N–H and O–H groups in total. The van der Waals surface area contributed by atoms with E-state index in [2.05, 4.69) is 24.1 Å². The van der Waals surface area contributed by atoms with Gasteiger partial charge in [0, 0.05) is 11.1 Å². The van der Waals surface area contributed by atoms with Gasteiger partial charge in [0.05, 0.1) is 17.4 Å². The van der Waals surface area contributed by atoms with E-state index in [1.165, 1.54) is 4.88 Å². The minimum absolute atomic E-state index is 0.180. The number of benzene rings is 1. The van der Waals surface area contributed by atoms with Crippen molar-refractivity contribution in [3.8, 4) is 0 Å². The molecule has 4 heteroatoms. The number of nitrogens with one attached hydrogen (secondary N) is 1. The molecule has 0 saturated carbocycles. The molecule has 2 aromatic rings. The summed E-state index contributed by atoms with van der Waals surface area (Å²) < 4.78 is 0. The number of rotatable bonds is 4. The zero-order chi connectivity index (χ0) is 13.1. The Hall–Kier alpha value is -1.55. The average Bonchev–Trinajstić information content (AvgIpc) is 2.83. The lowest BCUT2D eigenvalue weighted by Crippen LogP contribution is -2.08. The molecule has 0 aliphatic rings. The van der Waals surface area contributed by atoms with E-state index in [4.69, 9.17) is 5.73 Å². The van der Waals surface area contributed by atoms with Crippen LogP contribution in [0.25, 0.3) is 0 Å². The molecule has 18 heavy (non-hydrogen) atoms. The standard InChI is InChI=1S/C14H19N3S/c1-4-11-8-16-14(18-11)10(3)17-12-7-5-6-9(2)13(12)15/h5-8,10,17H,4,15H2,1-3H3. The second-order valence-corrected chi connectivity index (χ2v) is 5.57. The lowest BCUT2D eigenvalue weighted by Gasteiger charge is -2.15. The van der Waals surface area contributed by atoms with Gasteiger partial charge >= 0.3 is 0 Å². The second-order valence-electron chi connectivity index (χ2n) is 4.42. The minimum atomic E-state index is 0.180. The molecule has 1 unspecified atom stereocenters. The molecule has 0 radical (unpaired) electrons. The fourth-order valence-corrected chi connectivity index (χ4v) is 2.65. The second kappa shape index (κ2) is 5.40. The first-order chi connectivity index (χ1) is 8.61. The van der Waals surface area contributed by atoms with Crippen LogP contribution < -0.4 is 11.1 Å². The summed E-state index contributed by atoms with van der Waals surface area (Å²) in [5.41, 5.74) is 8.96. The minimum Gasteiger partial charge on any atom is -0.397 e. The largest absolute Gasteiger partial charge is 0.397 e. The van der Waals surface area contributed by atoms with Gasteiger partial charge < -0.3 is 11.1 Å². The number of aryl methyl sites for hydroxylation is 2. The Morgan fingerprint density at radius 2 is 2.22 bits per heavy atom. The van der Waals surface area contributed by atoms with Gasteiger partial charge in [-0.2, -0.15) is 0 Å². The van der Waals surface area contributed by atoms with E-state index in [1.54, 1.807) is 11.3 Å². The topological polar surface area (TPSA) is 50.9 Å². The summed E-state index contributed by atoms with van der Waals surface area (Å²) in [4.78, 5) is 5.77. The lowest BCUT2D eigenvalue weighted by molar-refractivity contribution is 0.870. The third-order valence-corrected chi connectivity index (χ3v) is 4.31. The summed E-state index contributed by atoms with van der Waals surface area (Å²) in [5.74, 6) is 0. The van der Waals surface area contributed by atoms with Gasteiger partial charge in [-0.25, -0.2) is 4.98 Å². The molecule has 1 atom stereocenters. The first-order valence-corrected chi connectivity index (χ1v) is 6.99. The highest BCUT2D eigenvalue weighted by atomic mass is 32.1. The molecule has 0 spiro atoms. The maximum atomic E-state index is 6.06. The van der Waals surface area contributed by atoms with Crippen LogP contribution in [0.2, 0.25) is 0 Å². The molecule has 0 amide bonds. The van der Waals surface area contributed by atoms with E-state index < -0.39 is 0 Å². The highest BCUT2D eigenvalue weighted by Crippen LogP contribution is 2.28. The van der Waals surface area contributed by atoms with Crippen molar-refractivity contribution in [1.29, 1.82) is 0 Å². The van der Waals surface area contributed by atoms with E-state index in [1.807, 2.05) is 31.3 Å². The van der Waals surface area contributed by atoms with Crippen LogP contribution in [0.4, 0.5) is 11.4 Å². The van der Waals surface area contributed by atoms with Crippen molar-refractivity contribution in [3.63, 3.8) is 0 Å². The summed E-state index contributed by atoms with van der Waals surface area (Å²) in [5, 5.41) is 4.53. The summed E-state index contributed by atoms with van der Waals surface area (Å²) >= 11 is 1.76. The highest BCUT2D eigenvalue weighted by molar-refractivity contribution is 7.11. The fraction of sp³-hybridized carbons (Fsp3) is 0.357. The molecule has 2 rings (SSSR count). The van der Waals surface area contributed by atoms with Crippen molar-refractivity contribution in [2.75, 3.05) is 11.1 Å². The first kappa shape index (κ1) is 12.9. The first-order valence-electron chi connectivity index (χ1n) is 6.18. The normalized spacial score (nSPS) is 12.4. The Bertz CT molecular complexity index is 534. The number of aromatic nitrogens is 1. The van der Waals surface area contributed by atoms with Crippen LogP contribution in [0.15, 0.2) is 24.4 Å². The average molecular weight is 261 g/mol. The molecule has 0 bridgehead atoms. The van der Waals surface area contributed by atoms with Gasteiger partial charge in [-0.1, -0.05) is 19.1 Å². The Labute approximate surface area is 112 Å². The van der Waals surface area contributed by atoms with Gasteiger partial charge in [0.15, 0.2) is 0 Å². The van der Waals surface area contributed by atoms with E-state index in [0.29, 0.717) is 0 Å². The zero-order valence-corrected chi connectivity index (χ0v) is 11.8. The van der Waals surface area contributed by atoms with Gasteiger partial charge in [0.1, 0.15) is 5.01 Å². The van der Waals surface area contributed by atoms with Crippen molar-refractivity contribution in [1.82, 2.24) is 4.98 Å². The van der Waals surface area contributed by atoms with Gasteiger partial charge in [0.25, 0.3) is 0 Å². The van der Waals surface area contributed by atoms with Crippen molar-refractivity contribution in [2.45, 2.75) is 33.2 Å². The molecule has 96 valence electrons. The SMILES string of the molecule is CCc1cnc(C(C)Nc2cccc(C)c2N)s1. The van der Waals surface area contributed by atoms with Crippen LogP contribution in [0.3, 0.4) is 0 Å². The number of hydrogen-bond acceptors (Lipinski definition) is 4. The maximum absolute atomic E-state index is 6.06. The Morgan fingerprint density at radius 3 is 2.89 bits per heavy atom. The Kier molecular flexibility index (Phi) is 3.87. The number of thiazole rings is 1. The molecule has 1 heterocycles. The quantitative estimate of drug-likeness (QED) is 0.824. The molecular formula is C14H19N3S. The third kappa shape index (κ3) is 2.64. The summed E-state index contributed by atoms with van der Waals surface area (Å²) in [6, 6.07) is 6.22. The number of nitrogen functional groups attached to an aromatic ring is 1. The van der Waals surface area contributed by atoms with Crippen LogP contribution >= 0.6 is 11.3 Å². The molecule has 1 aromatic carbocycles. The Morgan fingerprint density at radius 1 is 1.44 bits per heavy atom. The van der Waals surface area contributed by atoms with E-state index >= 15 is 0 Å². The van der Waals surface area contributed by atoms with Gasteiger partial charge in [-0.3, -0.25) is 0 Å². The summed E-state index contributed by atoms with van der Waals surface area (Å²) in [6.07, 6.45) is 2.99. The molecular weight excluding hydrogens is 242 g/mol. The number of hydrogen-bond donors (Lipinski definition) is 2.